The van der Waals surface area contributed by atoms with Crippen molar-refractivity contribution in [3.8, 4) is 0 Å². The molecule has 16 heavy (non-hydrogen) atoms. The van der Waals surface area contributed by atoms with Gasteiger partial charge >= 0.3 is 0 Å². The van der Waals surface area contributed by atoms with Crippen LogP contribution in [0, 0.1) is 17.3 Å². The van der Waals surface area contributed by atoms with Crippen molar-refractivity contribution in [1.29, 1.82) is 0 Å². The van der Waals surface area contributed by atoms with Crippen molar-refractivity contribution in [2.24, 2.45) is 23.0 Å². The maximum atomic E-state index is 6.01. The Balaban J connectivity index is 1.79. The molecule has 1 aromatic heterocycles. The van der Waals surface area contributed by atoms with E-state index in [1.807, 2.05) is 0 Å². The molecule has 0 saturated heterocycles. The first-order valence-electron chi connectivity index (χ1n) is 6.35. The molecule has 0 radical (unpaired) electrons. The van der Waals surface area contributed by atoms with E-state index in [1.54, 1.807) is 0 Å². The Hall–Kier alpha value is -0.760. The normalized spacial score (nSPS) is 39.8. The van der Waals surface area contributed by atoms with Gasteiger partial charge in [-0.05, 0) is 42.3 Å². The molecule has 1 aromatic rings. The zero-order chi connectivity index (χ0) is 11.5. The van der Waals surface area contributed by atoms with E-state index in [1.165, 1.54) is 12.2 Å². The van der Waals surface area contributed by atoms with Crippen molar-refractivity contribution < 1.29 is 4.42 Å². The first kappa shape index (κ1) is 10.4. The summed E-state index contributed by atoms with van der Waals surface area (Å²) < 4.78 is 6.01. The highest BCUT2D eigenvalue weighted by Crippen LogP contribution is 2.64. The van der Waals surface area contributed by atoms with Gasteiger partial charge in [-0.25, -0.2) is 0 Å². The molecule has 2 N–H and O–H groups in total. The minimum Gasteiger partial charge on any atom is -0.465 e. The summed E-state index contributed by atoms with van der Waals surface area (Å²) in [5, 5.41) is 0. The second-order valence-electron chi connectivity index (χ2n) is 6.20. The van der Waals surface area contributed by atoms with Gasteiger partial charge in [-0.3, -0.25) is 0 Å². The largest absolute Gasteiger partial charge is 0.465 e. The molecule has 2 saturated carbocycles. The highest BCUT2D eigenvalue weighted by molar-refractivity contribution is 5.28. The molecular weight excluding hydrogens is 198 g/mol. The Morgan fingerprint density at radius 1 is 1.38 bits per heavy atom. The summed E-state index contributed by atoms with van der Waals surface area (Å²) in [7, 11) is 0. The summed E-state index contributed by atoms with van der Waals surface area (Å²) >= 11 is 0. The summed E-state index contributed by atoms with van der Waals surface area (Å²) in [5.74, 6) is 5.00. The lowest BCUT2D eigenvalue weighted by atomic mass is 10.1. The molecule has 2 nitrogen and oxygen atoms in total. The van der Waals surface area contributed by atoms with Gasteiger partial charge in [-0.15, -0.1) is 0 Å². The number of furan rings is 1. The molecule has 0 bridgehead atoms. The van der Waals surface area contributed by atoms with E-state index in [2.05, 4.69) is 32.9 Å². The summed E-state index contributed by atoms with van der Waals surface area (Å²) in [4.78, 5) is 0. The van der Waals surface area contributed by atoms with Gasteiger partial charge < -0.3 is 10.2 Å². The lowest BCUT2D eigenvalue weighted by Gasteiger charge is -1.99. The van der Waals surface area contributed by atoms with Crippen LogP contribution in [0.4, 0.5) is 0 Å². The third-order valence-corrected chi connectivity index (χ3v) is 4.73. The average molecular weight is 219 g/mol. The Kier molecular flexibility index (Phi) is 2.03. The molecule has 3 rings (SSSR count). The molecule has 0 aromatic carbocycles. The van der Waals surface area contributed by atoms with Gasteiger partial charge in [0.2, 0.25) is 0 Å². The second-order valence-corrected chi connectivity index (χ2v) is 6.20. The quantitative estimate of drug-likeness (QED) is 0.848. The third kappa shape index (κ3) is 1.36. The second kappa shape index (κ2) is 3.13. The first-order valence-corrected chi connectivity index (χ1v) is 6.35. The molecular formula is C14H21NO. The van der Waals surface area contributed by atoms with Crippen LogP contribution < -0.4 is 5.73 Å². The van der Waals surface area contributed by atoms with Crippen molar-refractivity contribution in [3.63, 3.8) is 0 Å². The van der Waals surface area contributed by atoms with E-state index in [0.29, 0.717) is 23.2 Å². The Morgan fingerprint density at radius 2 is 2.00 bits per heavy atom. The lowest BCUT2D eigenvalue weighted by Crippen LogP contribution is -2.05. The summed E-state index contributed by atoms with van der Waals surface area (Å²) in [6, 6.07) is 4.34. The molecule has 88 valence electrons. The topological polar surface area (TPSA) is 39.2 Å². The smallest absolute Gasteiger partial charge is 0.108 e. The molecule has 0 aliphatic heterocycles. The van der Waals surface area contributed by atoms with E-state index >= 15 is 0 Å². The molecule has 2 fully saturated rings. The Morgan fingerprint density at radius 3 is 2.50 bits per heavy atom. The molecule has 4 atom stereocenters. The standard InChI is InChI=1S/C14H21NO/c1-8-6-9(8)11-4-5-12(16-11)13-10(7-15)14(13,2)3/h4-5,8-10,13H,6-7,15H2,1-3H3. The molecule has 4 unspecified atom stereocenters. The van der Waals surface area contributed by atoms with Crippen molar-refractivity contribution in [2.75, 3.05) is 6.54 Å². The van der Waals surface area contributed by atoms with Gasteiger partial charge in [0.15, 0.2) is 0 Å². The van der Waals surface area contributed by atoms with Crippen molar-refractivity contribution in [3.05, 3.63) is 23.7 Å². The van der Waals surface area contributed by atoms with E-state index in [-0.39, 0.29) is 0 Å². The first-order chi connectivity index (χ1) is 7.55. The van der Waals surface area contributed by atoms with Gasteiger partial charge in [0.1, 0.15) is 11.5 Å². The highest BCUT2D eigenvalue weighted by atomic mass is 16.3. The number of hydrogen-bond acceptors (Lipinski definition) is 2. The molecule has 2 aliphatic rings. The number of nitrogens with two attached hydrogens (primary N) is 1. The van der Waals surface area contributed by atoms with E-state index in [0.717, 1.165) is 18.2 Å². The lowest BCUT2D eigenvalue weighted by molar-refractivity contribution is 0.444. The Bertz CT molecular complexity index is 407. The predicted octanol–water partition coefficient (Wildman–Crippen LogP) is 3.10. The van der Waals surface area contributed by atoms with Crippen LogP contribution in [0.1, 0.15) is 50.5 Å². The molecule has 1 heterocycles. The summed E-state index contributed by atoms with van der Waals surface area (Å²) in [6.07, 6.45) is 1.29. The van der Waals surface area contributed by atoms with Gasteiger partial charge in [-0.1, -0.05) is 20.8 Å². The monoisotopic (exact) mass is 219 g/mol. The zero-order valence-electron chi connectivity index (χ0n) is 10.4. The van der Waals surface area contributed by atoms with E-state index < -0.39 is 0 Å². The number of hydrogen-bond donors (Lipinski definition) is 1. The fraction of sp³-hybridized carbons (Fsp3) is 0.714. The van der Waals surface area contributed by atoms with Crippen molar-refractivity contribution in [2.45, 2.75) is 39.0 Å². The van der Waals surface area contributed by atoms with Crippen molar-refractivity contribution >= 4 is 0 Å². The molecule has 2 heteroatoms. The van der Waals surface area contributed by atoms with Crippen molar-refractivity contribution in [1.82, 2.24) is 0 Å². The third-order valence-electron chi connectivity index (χ3n) is 4.73. The fourth-order valence-electron chi connectivity index (χ4n) is 3.20. The molecule has 0 spiro atoms. The van der Waals surface area contributed by atoms with Crippen LogP contribution in [-0.4, -0.2) is 6.54 Å². The molecule has 0 amide bonds. The van der Waals surface area contributed by atoms with Gasteiger partial charge in [0.25, 0.3) is 0 Å². The van der Waals surface area contributed by atoms with E-state index in [9.17, 15) is 0 Å². The zero-order valence-corrected chi connectivity index (χ0v) is 10.4. The van der Waals surface area contributed by atoms with Gasteiger partial charge in [0, 0.05) is 11.8 Å². The van der Waals surface area contributed by atoms with E-state index in [4.69, 9.17) is 10.2 Å². The van der Waals surface area contributed by atoms with Gasteiger partial charge in [-0.2, -0.15) is 0 Å². The predicted molar refractivity (Wildman–Crippen MR) is 64.3 cm³/mol. The van der Waals surface area contributed by atoms with Gasteiger partial charge in [0.05, 0.1) is 0 Å². The summed E-state index contributed by atoms with van der Waals surface area (Å²) in [6.45, 7) is 7.64. The van der Waals surface area contributed by atoms with Crippen LogP contribution in [0.3, 0.4) is 0 Å². The average Bonchev–Trinajstić information content (AvgIpc) is 2.99. The van der Waals surface area contributed by atoms with Crippen LogP contribution in [0.25, 0.3) is 0 Å². The SMILES string of the molecule is CC1CC1c1ccc(C2C(CN)C2(C)C)o1. The van der Waals surface area contributed by atoms with Crippen LogP contribution in [-0.2, 0) is 0 Å². The Labute approximate surface area is 97.2 Å². The summed E-state index contributed by atoms with van der Waals surface area (Å²) in [5.41, 5.74) is 6.13. The van der Waals surface area contributed by atoms with Crippen LogP contribution in [0.5, 0.6) is 0 Å². The molecule has 2 aliphatic carbocycles. The minimum atomic E-state index is 0.332. The minimum absolute atomic E-state index is 0.332. The van der Waals surface area contributed by atoms with Crippen LogP contribution in [0.2, 0.25) is 0 Å². The fourth-order valence-corrected chi connectivity index (χ4v) is 3.20. The van der Waals surface area contributed by atoms with Crippen LogP contribution in [0.15, 0.2) is 16.5 Å². The maximum Gasteiger partial charge on any atom is 0.108 e. The highest BCUT2D eigenvalue weighted by Gasteiger charge is 2.59. The van der Waals surface area contributed by atoms with Crippen LogP contribution >= 0.6 is 0 Å². The number of rotatable bonds is 3. The maximum absolute atomic E-state index is 6.01.